The molecule has 0 amide bonds. The maximum atomic E-state index is 13.5. The Balaban J connectivity index is 2.67. The van der Waals surface area contributed by atoms with Crippen molar-refractivity contribution in [3.63, 3.8) is 0 Å². The van der Waals surface area contributed by atoms with Crippen molar-refractivity contribution >= 4 is 11.3 Å². The summed E-state index contributed by atoms with van der Waals surface area (Å²) in [4.78, 5) is 4.34. The monoisotopic (exact) mass is 236 g/mol. The van der Waals surface area contributed by atoms with Crippen LogP contribution < -0.4 is 0 Å². The van der Waals surface area contributed by atoms with Gasteiger partial charge in [-0.25, -0.2) is 13.8 Å². The van der Waals surface area contributed by atoms with Gasteiger partial charge in [0.25, 0.3) is 0 Å². The molecule has 0 bridgehead atoms. The number of aromatic nitrogens is 1. The zero-order chi connectivity index (χ0) is 11.7. The van der Waals surface area contributed by atoms with Crippen molar-refractivity contribution in [3.8, 4) is 17.3 Å². The SMILES string of the molecule is Cc1nc(-c2cc(F)ccc2F)c(C#N)s1. The van der Waals surface area contributed by atoms with Gasteiger partial charge in [0.2, 0.25) is 0 Å². The molecule has 2 nitrogen and oxygen atoms in total. The number of thiazole rings is 1. The minimum Gasteiger partial charge on any atom is -0.240 e. The number of benzene rings is 1. The van der Waals surface area contributed by atoms with E-state index >= 15 is 0 Å². The molecule has 0 atom stereocenters. The topological polar surface area (TPSA) is 36.7 Å². The van der Waals surface area contributed by atoms with Crippen molar-refractivity contribution in [2.75, 3.05) is 0 Å². The first-order chi connectivity index (χ1) is 7.61. The lowest BCUT2D eigenvalue weighted by atomic mass is 10.1. The van der Waals surface area contributed by atoms with E-state index in [0.29, 0.717) is 9.88 Å². The highest BCUT2D eigenvalue weighted by atomic mass is 32.1. The highest BCUT2D eigenvalue weighted by molar-refractivity contribution is 7.12. The molecule has 80 valence electrons. The molecule has 0 aliphatic heterocycles. The van der Waals surface area contributed by atoms with Gasteiger partial charge in [-0.3, -0.25) is 0 Å². The maximum absolute atomic E-state index is 13.5. The molecule has 0 N–H and O–H groups in total. The van der Waals surface area contributed by atoms with Gasteiger partial charge in [-0.2, -0.15) is 5.26 Å². The molecule has 1 aromatic carbocycles. The summed E-state index contributed by atoms with van der Waals surface area (Å²) in [6, 6.07) is 5.03. The molecule has 1 heterocycles. The molecule has 0 spiro atoms. The Labute approximate surface area is 94.8 Å². The predicted octanol–water partition coefficient (Wildman–Crippen LogP) is 3.27. The Kier molecular flexibility index (Phi) is 2.67. The third-order valence-electron chi connectivity index (χ3n) is 2.02. The summed E-state index contributed by atoms with van der Waals surface area (Å²) < 4.78 is 26.5. The lowest BCUT2D eigenvalue weighted by Gasteiger charge is -1.99. The second-order valence-corrected chi connectivity index (χ2v) is 4.35. The van der Waals surface area contributed by atoms with Crippen LogP contribution in [0, 0.1) is 29.9 Å². The Morgan fingerprint density at radius 1 is 1.38 bits per heavy atom. The van der Waals surface area contributed by atoms with E-state index in [0.717, 1.165) is 29.5 Å². The second kappa shape index (κ2) is 3.99. The van der Waals surface area contributed by atoms with Gasteiger partial charge in [0.05, 0.1) is 5.01 Å². The van der Waals surface area contributed by atoms with Crippen LogP contribution in [0.15, 0.2) is 18.2 Å². The average molecular weight is 236 g/mol. The van der Waals surface area contributed by atoms with Gasteiger partial charge in [0.15, 0.2) is 0 Å². The summed E-state index contributed by atoms with van der Waals surface area (Å²) in [5.74, 6) is -1.13. The molecule has 0 fully saturated rings. The minimum atomic E-state index is -0.580. The van der Waals surface area contributed by atoms with Crippen LogP contribution in [0.25, 0.3) is 11.3 Å². The van der Waals surface area contributed by atoms with E-state index in [1.807, 2.05) is 6.07 Å². The summed E-state index contributed by atoms with van der Waals surface area (Å²) in [6.45, 7) is 1.71. The Morgan fingerprint density at radius 2 is 2.12 bits per heavy atom. The first kappa shape index (κ1) is 10.7. The Hall–Kier alpha value is -1.80. The van der Waals surface area contributed by atoms with Crippen molar-refractivity contribution < 1.29 is 8.78 Å². The quantitative estimate of drug-likeness (QED) is 0.762. The summed E-state index contributed by atoms with van der Waals surface area (Å²) in [6.07, 6.45) is 0. The van der Waals surface area contributed by atoms with Crippen LogP contribution in [0.3, 0.4) is 0 Å². The Morgan fingerprint density at radius 3 is 2.81 bits per heavy atom. The van der Waals surface area contributed by atoms with Gasteiger partial charge in [0, 0.05) is 5.56 Å². The molecular weight excluding hydrogens is 230 g/mol. The second-order valence-electron chi connectivity index (χ2n) is 3.15. The Bertz CT molecular complexity index is 584. The fourth-order valence-electron chi connectivity index (χ4n) is 1.36. The van der Waals surface area contributed by atoms with Crippen LogP contribution in [0.2, 0.25) is 0 Å². The number of rotatable bonds is 1. The molecule has 5 heteroatoms. The smallest absolute Gasteiger partial charge is 0.132 e. The van der Waals surface area contributed by atoms with Crippen molar-refractivity contribution in [2.45, 2.75) is 6.92 Å². The van der Waals surface area contributed by atoms with Gasteiger partial charge < -0.3 is 0 Å². The first-order valence-corrected chi connectivity index (χ1v) is 5.26. The summed E-state index contributed by atoms with van der Waals surface area (Å²) in [5, 5.41) is 9.51. The largest absolute Gasteiger partial charge is 0.240 e. The van der Waals surface area contributed by atoms with Gasteiger partial charge in [-0.05, 0) is 25.1 Å². The maximum Gasteiger partial charge on any atom is 0.132 e. The lowest BCUT2D eigenvalue weighted by molar-refractivity contribution is 0.602. The number of hydrogen-bond donors (Lipinski definition) is 0. The molecule has 0 aliphatic carbocycles. The first-order valence-electron chi connectivity index (χ1n) is 4.45. The van der Waals surface area contributed by atoms with Gasteiger partial charge in [0.1, 0.15) is 28.3 Å². The highest BCUT2D eigenvalue weighted by Gasteiger charge is 2.15. The molecule has 16 heavy (non-hydrogen) atoms. The summed E-state index contributed by atoms with van der Waals surface area (Å²) >= 11 is 1.16. The zero-order valence-corrected chi connectivity index (χ0v) is 9.11. The number of aryl methyl sites for hydroxylation is 1. The fraction of sp³-hybridized carbons (Fsp3) is 0.0909. The van der Waals surface area contributed by atoms with E-state index < -0.39 is 11.6 Å². The molecule has 1 aromatic heterocycles. The van der Waals surface area contributed by atoms with Crippen molar-refractivity contribution in [2.24, 2.45) is 0 Å². The van der Waals surface area contributed by atoms with E-state index in [1.54, 1.807) is 6.92 Å². The van der Waals surface area contributed by atoms with Crippen LogP contribution in [-0.2, 0) is 0 Å². The molecule has 0 aliphatic rings. The third kappa shape index (κ3) is 1.79. The fourth-order valence-corrected chi connectivity index (χ4v) is 2.09. The van der Waals surface area contributed by atoms with Crippen LogP contribution in [0.4, 0.5) is 8.78 Å². The summed E-state index contributed by atoms with van der Waals surface area (Å²) in [5.41, 5.74) is 0.239. The molecule has 0 saturated heterocycles. The van der Waals surface area contributed by atoms with Gasteiger partial charge in [-0.15, -0.1) is 11.3 Å². The van der Waals surface area contributed by atoms with Gasteiger partial charge in [-0.1, -0.05) is 0 Å². The van der Waals surface area contributed by atoms with Crippen LogP contribution >= 0.6 is 11.3 Å². The summed E-state index contributed by atoms with van der Waals surface area (Å²) in [7, 11) is 0. The third-order valence-corrected chi connectivity index (χ3v) is 2.89. The number of nitrogens with zero attached hydrogens (tertiary/aromatic N) is 2. The minimum absolute atomic E-state index is 0.0286. The highest BCUT2D eigenvalue weighted by Crippen LogP contribution is 2.29. The van der Waals surface area contributed by atoms with E-state index in [2.05, 4.69) is 4.98 Å². The predicted molar refractivity (Wildman–Crippen MR) is 56.9 cm³/mol. The molecule has 2 rings (SSSR count). The van der Waals surface area contributed by atoms with E-state index in [1.165, 1.54) is 0 Å². The lowest BCUT2D eigenvalue weighted by Crippen LogP contribution is -1.88. The van der Waals surface area contributed by atoms with Crippen molar-refractivity contribution in [1.29, 1.82) is 5.26 Å². The van der Waals surface area contributed by atoms with Gasteiger partial charge >= 0.3 is 0 Å². The van der Waals surface area contributed by atoms with E-state index in [4.69, 9.17) is 5.26 Å². The molecule has 2 aromatic rings. The average Bonchev–Trinajstić information content (AvgIpc) is 2.63. The standard InChI is InChI=1S/C11H6F2N2S/c1-6-15-11(10(5-14)16-6)8-4-7(12)2-3-9(8)13/h2-4H,1H3. The van der Waals surface area contributed by atoms with E-state index in [-0.39, 0.29) is 11.3 Å². The normalized spacial score (nSPS) is 10.1. The van der Waals surface area contributed by atoms with Crippen LogP contribution in [0.1, 0.15) is 9.88 Å². The molecule has 0 radical (unpaired) electrons. The molecule has 0 unspecified atom stereocenters. The van der Waals surface area contributed by atoms with E-state index in [9.17, 15) is 8.78 Å². The number of hydrogen-bond acceptors (Lipinski definition) is 3. The molecular formula is C11H6F2N2S. The van der Waals surface area contributed by atoms with Crippen LogP contribution in [0.5, 0.6) is 0 Å². The molecule has 0 saturated carbocycles. The van der Waals surface area contributed by atoms with Crippen LogP contribution in [-0.4, -0.2) is 4.98 Å². The van der Waals surface area contributed by atoms with Crippen molar-refractivity contribution in [3.05, 3.63) is 39.7 Å². The number of nitriles is 1. The zero-order valence-electron chi connectivity index (χ0n) is 8.29. The number of halogens is 2. The van der Waals surface area contributed by atoms with Crippen molar-refractivity contribution in [1.82, 2.24) is 4.98 Å².